The third-order valence-electron chi connectivity index (χ3n) is 3.94. The van der Waals surface area contributed by atoms with Crippen molar-refractivity contribution >= 4 is 45.6 Å². The molecule has 0 saturated heterocycles. The van der Waals surface area contributed by atoms with Crippen LogP contribution in [0.1, 0.15) is 54.1 Å². The zero-order chi connectivity index (χ0) is 15.5. The van der Waals surface area contributed by atoms with Gasteiger partial charge in [0.2, 0.25) is 0 Å². The van der Waals surface area contributed by atoms with Gasteiger partial charge in [0.15, 0.2) is 5.13 Å². The highest BCUT2D eigenvalue weighted by Crippen LogP contribution is 2.34. The standard InChI is InChI=1S/C16H16Cl2N2OS/c17-11-6-7-12(13(18)8-11)15(21)20-16-19-14(9-22-16)10-4-2-1-3-5-10/h6-10H,1-5H2,(H,19,20,21). The largest absolute Gasteiger partial charge is 0.298 e. The van der Waals surface area contributed by atoms with Gasteiger partial charge in [0, 0.05) is 16.3 Å². The molecular formula is C16H16Cl2N2OS. The number of halogens is 2. The summed E-state index contributed by atoms with van der Waals surface area (Å²) in [5, 5.41) is 6.34. The number of carbonyl (C=O) groups is 1. The lowest BCUT2D eigenvalue weighted by molar-refractivity contribution is 0.102. The highest BCUT2D eigenvalue weighted by molar-refractivity contribution is 7.14. The number of aromatic nitrogens is 1. The summed E-state index contributed by atoms with van der Waals surface area (Å²) in [6.07, 6.45) is 6.24. The van der Waals surface area contributed by atoms with E-state index in [0.29, 0.717) is 26.7 Å². The van der Waals surface area contributed by atoms with Gasteiger partial charge in [0.05, 0.1) is 16.3 Å². The van der Waals surface area contributed by atoms with Gasteiger partial charge in [-0.3, -0.25) is 10.1 Å². The Morgan fingerprint density at radius 3 is 2.73 bits per heavy atom. The lowest BCUT2D eigenvalue weighted by Crippen LogP contribution is -2.12. The summed E-state index contributed by atoms with van der Waals surface area (Å²) in [4.78, 5) is 16.8. The predicted molar refractivity (Wildman–Crippen MR) is 92.4 cm³/mol. The van der Waals surface area contributed by atoms with Gasteiger partial charge in [-0.15, -0.1) is 11.3 Å². The van der Waals surface area contributed by atoms with Crippen LogP contribution in [0.5, 0.6) is 0 Å². The molecule has 1 aliphatic rings. The highest BCUT2D eigenvalue weighted by atomic mass is 35.5. The van der Waals surface area contributed by atoms with E-state index in [1.54, 1.807) is 18.2 Å². The Labute approximate surface area is 143 Å². The van der Waals surface area contributed by atoms with Gasteiger partial charge in [0.25, 0.3) is 5.91 Å². The highest BCUT2D eigenvalue weighted by Gasteiger charge is 2.19. The molecule has 3 rings (SSSR count). The first-order valence-electron chi connectivity index (χ1n) is 7.35. The van der Waals surface area contributed by atoms with Crippen molar-refractivity contribution in [1.29, 1.82) is 0 Å². The molecule has 2 aromatic rings. The van der Waals surface area contributed by atoms with E-state index in [0.717, 1.165) is 5.69 Å². The van der Waals surface area contributed by atoms with Crippen molar-refractivity contribution in [3.63, 3.8) is 0 Å². The van der Waals surface area contributed by atoms with Crippen molar-refractivity contribution in [2.24, 2.45) is 0 Å². The summed E-state index contributed by atoms with van der Waals surface area (Å²) in [6.45, 7) is 0. The molecule has 22 heavy (non-hydrogen) atoms. The minimum absolute atomic E-state index is 0.258. The number of hydrogen-bond donors (Lipinski definition) is 1. The molecule has 0 atom stereocenters. The third kappa shape index (κ3) is 3.62. The second-order valence-electron chi connectivity index (χ2n) is 5.49. The van der Waals surface area contributed by atoms with Crippen LogP contribution in [0.25, 0.3) is 0 Å². The maximum atomic E-state index is 12.3. The van der Waals surface area contributed by atoms with E-state index in [1.165, 1.54) is 43.4 Å². The van der Waals surface area contributed by atoms with Gasteiger partial charge in [-0.25, -0.2) is 4.98 Å². The summed E-state index contributed by atoms with van der Waals surface area (Å²) in [7, 11) is 0. The van der Waals surface area contributed by atoms with E-state index in [4.69, 9.17) is 23.2 Å². The van der Waals surface area contributed by atoms with Crippen LogP contribution in [0.2, 0.25) is 10.0 Å². The first-order valence-corrected chi connectivity index (χ1v) is 8.99. The number of carbonyl (C=O) groups excluding carboxylic acids is 1. The molecule has 3 nitrogen and oxygen atoms in total. The van der Waals surface area contributed by atoms with Crippen LogP contribution < -0.4 is 5.32 Å². The SMILES string of the molecule is O=C(Nc1nc(C2CCCCC2)cs1)c1ccc(Cl)cc1Cl. The normalized spacial score (nSPS) is 15.7. The maximum absolute atomic E-state index is 12.3. The molecule has 0 bridgehead atoms. The Kier molecular flexibility index (Phi) is 5.01. The summed E-state index contributed by atoms with van der Waals surface area (Å²) < 4.78 is 0. The smallest absolute Gasteiger partial charge is 0.258 e. The maximum Gasteiger partial charge on any atom is 0.258 e. The van der Waals surface area contributed by atoms with E-state index in [9.17, 15) is 4.79 Å². The molecule has 1 aromatic carbocycles. The molecule has 0 unspecified atom stereocenters. The fourth-order valence-electron chi connectivity index (χ4n) is 2.77. The number of hydrogen-bond acceptors (Lipinski definition) is 3. The number of benzene rings is 1. The molecule has 0 aliphatic heterocycles. The molecule has 1 amide bonds. The summed E-state index contributed by atoms with van der Waals surface area (Å²) >= 11 is 13.4. The monoisotopic (exact) mass is 354 g/mol. The van der Waals surface area contributed by atoms with Crippen molar-refractivity contribution in [2.45, 2.75) is 38.0 Å². The lowest BCUT2D eigenvalue weighted by Gasteiger charge is -2.19. The second-order valence-corrected chi connectivity index (χ2v) is 7.19. The Bertz CT molecular complexity index is 681. The topological polar surface area (TPSA) is 42.0 Å². The van der Waals surface area contributed by atoms with Gasteiger partial charge in [0.1, 0.15) is 0 Å². The van der Waals surface area contributed by atoms with Crippen molar-refractivity contribution in [1.82, 2.24) is 4.98 Å². The molecule has 1 fully saturated rings. The molecule has 1 aromatic heterocycles. The van der Waals surface area contributed by atoms with Crippen molar-refractivity contribution in [2.75, 3.05) is 5.32 Å². The Morgan fingerprint density at radius 2 is 2.00 bits per heavy atom. The van der Waals surface area contributed by atoms with Crippen molar-refractivity contribution < 1.29 is 4.79 Å². The molecule has 1 N–H and O–H groups in total. The zero-order valence-corrected chi connectivity index (χ0v) is 14.3. The number of anilines is 1. The summed E-state index contributed by atoms with van der Waals surface area (Å²) in [6, 6.07) is 4.83. The second kappa shape index (κ2) is 6.99. The molecule has 0 radical (unpaired) electrons. The van der Waals surface area contributed by atoms with Gasteiger partial charge >= 0.3 is 0 Å². The molecule has 6 heteroatoms. The van der Waals surface area contributed by atoms with E-state index in [-0.39, 0.29) is 5.91 Å². The van der Waals surface area contributed by atoms with Crippen LogP contribution in [0.15, 0.2) is 23.6 Å². The fraction of sp³-hybridized carbons (Fsp3) is 0.375. The average Bonchev–Trinajstić information content (AvgIpc) is 2.96. The fourth-order valence-corrected chi connectivity index (χ4v) is 4.05. The number of amides is 1. The Hall–Kier alpha value is -1.10. The van der Waals surface area contributed by atoms with Gasteiger partial charge in [-0.2, -0.15) is 0 Å². The molecule has 0 spiro atoms. The van der Waals surface area contributed by atoms with Crippen LogP contribution in [0.3, 0.4) is 0 Å². The lowest BCUT2D eigenvalue weighted by atomic mass is 9.87. The van der Waals surface area contributed by atoms with E-state index in [1.807, 2.05) is 0 Å². The minimum Gasteiger partial charge on any atom is -0.298 e. The van der Waals surface area contributed by atoms with Crippen LogP contribution in [0.4, 0.5) is 5.13 Å². The molecule has 1 heterocycles. The van der Waals surface area contributed by atoms with Crippen LogP contribution >= 0.6 is 34.5 Å². The molecule has 1 aliphatic carbocycles. The van der Waals surface area contributed by atoms with E-state index in [2.05, 4.69) is 15.7 Å². The summed E-state index contributed by atoms with van der Waals surface area (Å²) in [5.74, 6) is 0.279. The third-order valence-corrected chi connectivity index (χ3v) is 5.27. The van der Waals surface area contributed by atoms with Gasteiger partial charge < -0.3 is 0 Å². The number of nitrogens with one attached hydrogen (secondary N) is 1. The minimum atomic E-state index is -0.258. The van der Waals surface area contributed by atoms with Crippen LogP contribution in [-0.4, -0.2) is 10.9 Å². The molecular weight excluding hydrogens is 339 g/mol. The number of thiazole rings is 1. The number of rotatable bonds is 3. The predicted octanol–water partition coefficient (Wildman–Crippen LogP) is 5.75. The zero-order valence-electron chi connectivity index (χ0n) is 11.9. The van der Waals surface area contributed by atoms with Crippen molar-refractivity contribution in [3.05, 3.63) is 44.9 Å². The van der Waals surface area contributed by atoms with E-state index >= 15 is 0 Å². The van der Waals surface area contributed by atoms with Gasteiger partial charge in [-0.1, -0.05) is 42.5 Å². The van der Waals surface area contributed by atoms with Crippen LogP contribution in [0, 0.1) is 0 Å². The van der Waals surface area contributed by atoms with Crippen LogP contribution in [-0.2, 0) is 0 Å². The van der Waals surface area contributed by atoms with Gasteiger partial charge in [-0.05, 0) is 31.0 Å². The van der Waals surface area contributed by atoms with E-state index < -0.39 is 0 Å². The first kappa shape index (κ1) is 15.8. The summed E-state index contributed by atoms with van der Waals surface area (Å²) in [5.41, 5.74) is 1.50. The molecule has 1 saturated carbocycles. The van der Waals surface area contributed by atoms with Crippen molar-refractivity contribution in [3.8, 4) is 0 Å². The number of nitrogens with zero attached hydrogens (tertiary/aromatic N) is 1. The quantitative estimate of drug-likeness (QED) is 0.762. The molecule has 116 valence electrons. The Morgan fingerprint density at radius 1 is 1.23 bits per heavy atom. The Balaban J connectivity index is 1.70. The first-order chi connectivity index (χ1) is 10.6. The average molecular weight is 355 g/mol.